The van der Waals surface area contributed by atoms with Crippen molar-refractivity contribution in [2.75, 3.05) is 0 Å². The first-order valence-corrected chi connectivity index (χ1v) is 18.1. The fourth-order valence-electron chi connectivity index (χ4n) is 8.67. The molecule has 0 unspecified atom stereocenters. The predicted octanol–water partition coefficient (Wildman–Crippen LogP) is 13.4. The van der Waals surface area contributed by atoms with Gasteiger partial charge in [-0.2, -0.15) is 0 Å². The summed E-state index contributed by atoms with van der Waals surface area (Å²) in [5.41, 5.74) is 14.4. The number of hydrogen-bond donors (Lipinski definition) is 0. The molecular weight excluding hydrogens is 641 g/mol. The van der Waals surface area contributed by atoms with Crippen LogP contribution in [0.5, 0.6) is 0 Å². The molecule has 0 radical (unpaired) electrons. The van der Waals surface area contributed by atoms with Gasteiger partial charge in [-0.3, -0.25) is 4.98 Å². The number of rotatable bonds is 2. The molecule has 0 bridgehead atoms. The zero-order valence-electron chi connectivity index (χ0n) is 27.2. The van der Waals surface area contributed by atoms with Crippen molar-refractivity contribution in [3.63, 3.8) is 0 Å². The predicted molar refractivity (Wildman–Crippen MR) is 214 cm³/mol. The minimum Gasteiger partial charge on any atom is -0.455 e. The van der Waals surface area contributed by atoms with Crippen molar-refractivity contribution in [1.82, 2.24) is 9.55 Å². The third kappa shape index (κ3) is 3.64. The molecule has 5 heterocycles. The van der Waals surface area contributed by atoms with Crippen molar-refractivity contribution in [3.8, 4) is 50.3 Å². The lowest BCUT2D eigenvalue weighted by Crippen LogP contribution is -1.96. The Morgan fingerprint density at radius 1 is 0.490 bits per heavy atom. The third-order valence-electron chi connectivity index (χ3n) is 10.8. The Balaban J connectivity index is 1.22. The van der Waals surface area contributed by atoms with Gasteiger partial charge in [0.15, 0.2) is 0 Å². The molecule has 51 heavy (non-hydrogen) atoms. The van der Waals surface area contributed by atoms with Gasteiger partial charge in [0.1, 0.15) is 11.2 Å². The summed E-state index contributed by atoms with van der Waals surface area (Å²) in [6.07, 6.45) is 1.98. The molecule has 0 saturated carbocycles. The van der Waals surface area contributed by atoms with Gasteiger partial charge < -0.3 is 8.98 Å². The lowest BCUT2D eigenvalue weighted by Gasteiger charge is -2.15. The molecule has 12 rings (SSSR count). The Bertz CT molecular complexity index is 3240. The molecule has 4 heteroatoms. The van der Waals surface area contributed by atoms with E-state index in [9.17, 15) is 0 Å². The van der Waals surface area contributed by atoms with Crippen LogP contribution in [0.1, 0.15) is 0 Å². The molecule has 3 nitrogen and oxygen atoms in total. The summed E-state index contributed by atoms with van der Waals surface area (Å²) < 4.78 is 12.1. The molecule has 0 saturated heterocycles. The number of pyridine rings is 1. The molecule has 4 aromatic heterocycles. The molecular formula is C47H26N2OS. The Labute approximate surface area is 296 Å². The van der Waals surface area contributed by atoms with Gasteiger partial charge >= 0.3 is 0 Å². The minimum absolute atomic E-state index is 0.862. The summed E-state index contributed by atoms with van der Waals surface area (Å²) in [5, 5.41) is 7.27. The summed E-state index contributed by atoms with van der Waals surface area (Å²) in [4.78, 5) is 4.99. The Morgan fingerprint density at radius 3 is 2.20 bits per heavy atom. The monoisotopic (exact) mass is 666 g/mol. The summed E-state index contributed by atoms with van der Waals surface area (Å²) in [5.74, 6) is 0. The van der Waals surface area contributed by atoms with Gasteiger partial charge in [0.25, 0.3) is 0 Å². The van der Waals surface area contributed by atoms with Crippen molar-refractivity contribution < 1.29 is 4.42 Å². The number of hydrogen-bond acceptors (Lipinski definition) is 3. The second-order valence-electron chi connectivity index (χ2n) is 13.4. The zero-order chi connectivity index (χ0) is 33.2. The SMILES string of the molecule is c1ccc(-c2ccc(-c3cccc4oc5c6c(ccc5c34)-c3c(ccc4sc5ccccc5c34)-n3c4ccccc4c4cccc-6c43)nc2)cc1. The fraction of sp³-hybridized carbons (Fsp3) is 0. The van der Waals surface area contributed by atoms with Gasteiger partial charge in [-0.05, 0) is 53.6 Å². The van der Waals surface area contributed by atoms with Crippen LogP contribution < -0.4 is 0 Å². The van der Waals surface area contributed by atoms with Crippen LogP contribution in [0.25, 0.3) is 114 Å². The van der Waals surface area contributed by atoms with E-state index in [0.29, 0.717) is 0 Å². The van der Waals surface area contributed by atoms with Gasteiger partial charge in [0, 0.05) is 75.7 Å². The summed E-state index contributed by atoms with van der Waals surface area (Å²) in [7, 11) is 0. The largest absolute Gasteiger partial charge is 0.455 e. The summed E-state index contributed by atoms with van der Waals surface area (Å²) >= 11 is 1.86. The van der Waals surface area contributed by atoms with Gasteiger partial charge in [0.2, 0.25) is 0 Å². The molecule has 0 atom stereocenters. The average Bonchev–Trinajstić information content (AvgIpc) is 3.85. The minimum atomic E-state index is 0.862. The average molecular weight is 667 g/mol. The number of furan rings is 1. The van der Waals surface area contributed by atoms with Crippen LogP contribution in [0.2, 0.25) is 0 Å². The number of fused-ring (bicyclic) bond motifs is 16. The Hall–Kier alpha value is -6.49. The lowest BCUT2D eigenvalue weighted by atomic mass is 9.89. The molecule has 1 aliphatic rings. The van der Waals surface area contributed by atoms with Crippen LogP contribution in [0, 0.1) is 0 Å². The molecule has 0 amide bonds. The van der Waals surface area contributed by atoms with Crippen molar-refractivity contribution in [1.29, 1.82) is 0 Å². The Kier molecular flexibility index (Phi) is 5.38. The molecule has 0 N–H and O–H groups in total. The molecule has 7 aromatic carbocycles. The van der Waals surface area contributed by atoms with E-state index in [0.717, 1.165) is 49.9 Å². The first-order chi connectivity index (χ1) is 25.3. The fourth-order valence-corrected chi connectivity index (χ4v) is 9.78. The van der Waals surface area contributed by atoms with Crippen LogP contribution >= 0.6 is 11.3 Å². The lowest BCUT2D eigenvalue weighted by molar-refractivity contribution is 0.670. The van der Waals surface area contributed by atoms with E-state index in [4.69, 9.17) is 9.40 Å². The molecule has 0 aliphatic carbocycles. The van der Waals surface area contributed by atoms with E-state index in [-0.39, 0.29) is 0 Å². The number of benzene rings is 7. The van der Waals surface area contributed by atoms with Crippen LogP contribution in [-0.2, 0) is 0 Å². The highest BCUT2D eigenvalue weighted by atomic mass is 32.1. The number of aromatic nitrogens is 2. The smallest absolute Gasteiger partial charge is 0.143 e. The topological polar surface area (TPSA) is 31.0 Å². The first kappa shape index (κ1) is 27.3. The Morgan fingerprint density at radius 2 is 1.29 bits per heavy atom. The highest BCUT2D eigenvalue weighted by Crippen LogP contribution is 2.54. The van der Waals surface area contributed by atoms with E-state index in [1.807, 2.05) is 23.6 Å². The van der Waals surface area contributed by atoms with Gasteiger partial charge in [-0.1, -0.05) is 109 Å². The maximum atomic E-state index is 7.04. The van der Waals surface area contributed by atoms with Crippen molar-refractivity contribution in [2.24, 2.45) is 0 Å². The number of thiophene rings is 1. The maximum absolute atomic E-state index is 7.04. The first-order valence-electron chi connectivity index (χ1n) is 17.3. The molecule has 1 aliphatic heterocycles. The standard InChI is InChI=1S/C47H26N2OS/c1-2-10-27(11-3-1)28-20-23-36(48-26-28)31-15-9-18-39-42(31)35-22-21-33-43(47(35)50-39)34-16-8-14-30-29-12-4-6-17-37(29)49(46(30)34)38-24-25-41-45(44(33)38)32-13-5-7-19-40(32)51-41/h1-26H. The van der Waals surface area contributed by atoms with Crippen molar-refractivity contribution >= 4 is 75.3 Å². The van der Waals surface area contributed by atoms with E-state index in [1.54, 1.807) is 0 Å². The number of para-hydroxylation sites is 2. The van der Waals surface area contributed by atoms with E-state index < -0.39 is 0 Å². The second-order valence-corrected chi connectivity index (χ2v) is 14.5. The van der Waals surface area contributed by atoms with Gasteiger partial charge in [-0.25, -0.2) is 0 Å². The van der Waals surface area contributed by atoms with E-state index >= 15 is 0 Å². The normalized spacial score (nSPS) is 12.3. The molecule has 0 fully saturated rings. The molecule has 236 valence electrons. The number of nitrogens with zero attached hydrogens (tertiary/aromatic N) is 2. The van der Waals surface area contributed by atoms with Crippen molar-refractivity contribution in [2.45, 2.75) is 0 Å². The highest BCUT2D eigenvalue weighted by Gasteiger charge is 2.30. The summed E-state index contributed by atoms with van der Waals surface area (Å²) in [6.45, 7) is 0. The van der Waals surface area contributed by atoms with Crippen LogP contribution in [0.15, 0.2) is 162 Å². The van der Waals surface area contributed by atoms with Gasteiger partial charge in [0.05, 0.1) is 22.4 Å². The van der Waals surface area contributed by atoms with Crippen LogP contribution in [0.4, 0.5) is 0 Å². The summed E-state index contributed by atoms with van der Waals surface area (Å²) in [6, 6.07) is 54.7. The van der Waals surface area contributed by atoms with E-state index in [2.05, 4.69) is 150 Å². The van der Waals surface area contributed by atoms with Crippen LogP contribution in [-0.4, -0.2) is 9.55 Å². The quantitative estimate of drug-likeness (QED) is 0.184. The van der Waals surface area contributed by atoms with E-state index in [1.165, 1.54) is 64.4 Å². The second kappa shape index (κ2) is 10.0. The van der Waals surface area contributed by atoms with Crippen molar-refractivity contribution in [3.05, 3.63) is 158 Å². The van der Waals surface area contributed by atoms with Gasteiger partial charge in [-0.15, -0.1) is 11.3 Å². The highest BCUT2D eigenvalue weighted by molar-refractivity contribution is 7.26. The zero-order valence-corrected chi connectivity index (χ0v) is 28.0. The third-order valence-corrected chi connectivity index (χ3v) is 11.9. The molecule has 11 aromatic rings. The van der Waals surface area contributed by atoms with Crippen LogP contribution in [0.3, 0.4) is 0 Å². The maximum Gasteiger partial charge on any atom is 0.143 e. The molecule has 0 spiro atoms.